The molecule has 17 heavy (non-hydrogen) atoms. The second kappa shape index (κ2) is 9.40. The third kappa shape index (κ3) is 9.10. The molecule has 0 amide bonds. The van der Waals surface area contributed by atoms with E-state index in [0.717, 1.165) is 0 Å². The average molecular weight is 421 g/mol. The molecule has 0 radical (unpaired) electrons. The van der Waals surface area contributed by atoms with Crippen molar-refractivity contribution in [3.05, 3.63) is 0 Å². The van der Waals surface area contributed by atoms with E-state index in [4.69, 9.17) is 0 Å². The molecule has 5 heteroatoms. The molecule has 0 rings (SSSR count). The summed E-state index contributed by atoms with van der Waals surface area (Å²) in [4.78, 5) is 45.3. The van der Waals surface area contributed by atoms with Gasteiger partial charge in [0.05, 0.1) is 0 Å². The third-order valence-corrected chi connectivity index (χ3v) is 4.91. The van der Waals surface area contributed by atoms with Crippen LogP contribution in [0.2, 0.25) is 9.62 Å². The van der Waals surface area contributed by atoms with E-state index in [2.05, 4.69) is 0 Å². The molecule has 0 aliphatic carbocycles. The Bertz CT molecular complexity index is 280. The molecule has 0 N–H and O–H groups in total. The van der Waals surface area contributed by atoms with Crippen LogP contribution in [-0.4, -0.2) is 23.1 Å². The van der Waals surface area contributed by atoms with E-state index in [-0.39, 0.29) is 36.0 Å². The summed E-state index contributed by atoms with van der Waals surface area (Å²) in [7, 11) is 0. The van der Waals surface area contributed by atoms with Gasteiger partial charge in [0, 0.05) is 0 Å². The molecule has 0 saturated heterocycles. The third-order valence-electron chi connectivity index (χ3n) is 1.98. The van der Waals surface area contributed by atoms with Gasteiger partial charge >= 0.3 is 110 Å². The van der Waals surface area contributed by atoms with Crippen LogP contribution in [0.4, 0.5) is 0 Å². The number of ketones is 4. The molecule has 0 saturated carbocycles. The summed E-state index contributed by atoms with van der Waals surface area (Å²) in [6.07, 6.45) is 0.763. The van der Waals surface area contributed by atoms with Gasteiger partial charge in [-0.15, -0.1) is 0 Å². The Kier molecular flexibility index (Phi) is 9.05. The topological polar surface area (TPSA) is 68.3 Å². The van der Waals surface area contributed by atoms with Gasteiger partial charge in [0.25, 0.3) is 0 Å². The van der Waals surface area contributed by atoms with Gasteiger partial charge < -0.3 is 0 Å². The van der Waals surface area contributed by atoms with Crippen molar-refractivity contribution in [2.24, 2.45) is 0 Å². The molecule has 0 aliphatic heterocycles. The molecular formula is C12H18O4Pt. The number of carbonyl (C=O) groups excluding carboxylic acids is 4. The van der Waals surface area contributed by atoms with Gasteiger partial charge in [-0.1, -0.05) is 0 Å². The van der Waals surface area contributed by atoms with Crippen molar-refractivity contribution in [3.63, 3.8) is 0 Å². The standard InChI is InChI=1S/2C6H9O2.Pt/c2*1-3-6(8)4-5(2)7;/h2*2-4H2,1H3;. The van der Waals surface area contributed by atoms with Crippen LogP contribution < -0.4 is 0 Å². The first-order valence-corrected chi connectivity index (χ1v) is 8.72. The van der Waals surface area contributed by atoms with E-state index in [0.29, 0.717) is 22.5 Å². The number of hydrogen-bond donors (Lipinski definition) is 0. The van der Waals surface area contributed by atoms with E-state index < -0.39 is 18.6 Å². The normalized spacial score (nSPS) is 10.2. The first-order valence-electron chi connectivity index (χ1n) is 5.51. The monoisotopic (exact) mass is 421 g/mol. The minimum absolute atomic E-state index is 0.00141. The SMILES string of the molecule is CCC(=O)CC(=O)[CH2][Pt][CH2]C(=O)CC(=O)CC. The number of Topliss-reactive ketones (excluding diaryl/α,β-unsaturated/α-hetero) is 4. The van der Waals surface area contributed by atoms with Crippen LogP contribution in [0.3, 0.4) is 0 Å². The van der Waals surface area contributed by atoms with Crippen LogP contribution in [0.15, 0.2) is 0 Å². The van der Waals surface area contributed by atoms with Gasteiger partial charge in [-0.25, -0.2) is 0 Å². The summed E-state index contributed by atoms with van der Waals surface area (Å²) in [5.74, 6) is -0.238. The van der Waals surface area contributed by atoms with E-state index in [1.54, 1.807) is 13.8 Å². The van der Waals surface area contributed by atoms with Gasteiger partial charge in [0.2, 0.25) is 0 Å². The quantitative estimate of drug-likeness (QED) is 0.505. The molecule has 0 bridgehead atoms. The van der Waals surface area contributed by atoms with Crippen LogP contribution >= 0.6 is 0 Å². The fourth-order valence-corrected chi connectivity index (χ4v) is 3.10. The maximum absolute atomic E-state index is 11.3. The second-order valence-corrected chi connectivity index (χ2v) is 6.34. The molecule has 100 valence electrons. The number of hydrogen-bond acceptors (Lipinski definition) is 4. The van der Waals surface area contributed by atoms with E-state index >= 15 is 0 Å². The second-order valence-electron chi connectivity index (χ2n) is 3.60. The molecule has 0 unspecified atom stereocenters. The molecule has 0 aromatic carbocycles. The van der Waals surface area contributed by atoms with Gasteiger partial charge in [0.15, 0.2) is 0 Å². The van der Waals surface area contributed by atoms with Gasteiger partial charge in [0.1, 0.15) is 0 Å². The van der Waals surface area contributed by atoms with Crippen molar-refractivity contribution in [3.8, 4) is 0 Å². The van der Waals surface area contributed by atoms with Gasteiger partial charge in [-0.2, -0.15) is 0 Å². The predicted molar refractivity (Wildman–Crippen MR) is 59.5 cm³/mol. The Morgan fingerprint density at radius 3 is 1.35 bits per heavy atom. The van der Waals surface area contributed by atoms with Crippen LogP contribution in [-0.2, 0) is 37.7 Å². The average Bonchev–Trinajstić information content (AvgIpc) is 2.28. The Hall–Kier alpha value is -0.632. The zero-order valence-electron chi connectivity index (χ0n) is 10.2. The first-order chi connectivity index (χ1) is 7.99. The molecule has 0 fully saturated rings. The molecule has 0 aromatic heterocycles. The van der Waals surface area contributed by atoms with Crippen LogP contribution in [0.25, 0.3) is 0 Å². The maximum atomic E-state index is 11.3. The predicted octanol–water partition coefficient (Wildman–Crippen LogP) is 1.78. The fraction of sp³-hybridized carbons (Fsp3) is 0.667. The molecule has 0 aliphatic rings. The minimum atomic E-state index is -0.543. The molecular weight excluding hydrogens is 403 g/mol. The zero-order chi connectivity index (χ0) is 13.3. The molecule has 4 nitrogen and oxygen atoms in total. The van der Waals surface area contributed by atoms with Crippen LogP contribution in [0.1, 0.15) is 39.5 Å². The molecule has 0 atom stereocenters. The number of rotatable bonds is 10. The number of carbonyl (C=O) groups is 4. The molecule has 0 heterocycles. The zero-order valence-corrected chi connectivity index (χ0v) is 12.5. The van der Waals surface area contributed by atoms with Crippen molar-refractivity contribution < 1.29 is 37.7 Å². The Balaban J connectivity index is 3.69. The van der Waals surface area contributed by atoms with Crippen molar-refractivity contribution in [2.75, 3.05) is 0 Å². The van der Waals surface area contributed by atoms with Crippen molar-refractivity contribution in [2.45, 2.75) is 49.2 Å². The first kappa shape index (κ1) is 16.4. The summed E-state index contributed by atoms with van der Waals surface area (Å²) in [6, 6.07) is 0. The molecule has 0 aromatic rings. The van der Waals surface area contributed by atoms with Crippen molar-refractivity contribution in [1.82, 2.24) is 0 Å². The van der Waals surface area contributed by atoms with E-state index in [9.17, 15) is 19.2 Å². The molecule has 0 spiro atoms. The van der Waals surface area contributed by atoms with Crippen molar-refractivity contribution in [1.29, 1.82) is 0 Å². The van der Waals surface area contributed by atoms with Crippen LogP contribution in [0.5, 0.6) is 0 Å². The summed E-state index contributed by atoms with van der Waals surface area (Å²) >= 11 is -0.543. The fourth-order valence-electron chi connectivity index (χ4n) is 0.985. The van der Waals surface area contributed by atoms with Crippen molar-refractivity contribution >= 4 is 23.1 Å². The van der Waals surface area contributed by atoms with Gasteiger partial charge in [-0.3, -0.25) is 0 Å². The Morgan fingerprint density at radius 1 is 0.706 bits per heavy atom. The summed E-state index contributed by atoms with van der Waals surface area (Å²) in [5.41, 5.74) is 0. The summed E-state index contributed by atoms with van der Waals surface area (Å²) in [5, 5.41) is 0. The van der Waals surface area contributed by atoms with E-state index in [1.165, 1.54) is 0 Å². The summed E-state index contributed by atoms with van der Waals surface area (Å²) < 4.78 is 0. The van der Waals surface area contributed by atoms with Crippen LogP contribution in [0, 0.1) is 0 Å². The Labute approximate surface area is 110 Å². The van der Waals surface area contributed by atoms with Gasteiger partial charge in [-0.05, 0) is 0 Å². The summed E-state index contributed by atoms with van der Waals surface area (Å²) in [6.45, 7) is 3.45. The Morgan fingerprint density at radius 2 is 1.06 bits per heavy atom. The van der Waals surface area contributed by atoms with E-state index in [1.807, 2.05) is 0 Å².